The molecule has 1 aliphatic heterocycles. The number of pyridine rings is 1. The van der Waals surface area contributed by atoms with E-state index in [-0.39, 0.29) is 5.91 Å². The molecule has 1 amide bonds. The minimum absolute atomic E-state index is 0.104. The first-order valence-corrected chi connectivity index (χ1v) is 7.26. The van der Waals surface area contributed by atoms with Gasteiger partial charge in [0.25, 0.3) is 5.91 Å². The van der Waals surface area contributed by atoms with Crippen molar-refractivity contribution in [1.82, 2.24) is 15.2 Å². The predicted octanol–water partition coefficient (Wildman–Crippen LogP) is 0.456. The number of hydrogen-bond acceptors (Lipinski definition) is 5. The van der Waals surface area contributed by atoms with E-state index in [1.807, 2.05) is 6.07 Å². The van der Waals surface area contributed by atoms with Gasteiger partial charge in [0, 0.05) is 38.8 Å². The van der Waals surface area contributed by atoms with Gasteiger partial charge >= 0.3 is 0 Å². The van der Waals surface area contributed by atoms with Crippen LogP contribution in [0.1, 0.15) is 10.4 Å². The van der Waals surface area contributed by atoms with Crippen LogP contribution in [0.15, 0.2) is 18.3 Å². The average molecular weight is 292 g/mol. The Balaban J connectivity index is 2.21. The van der Waals surface area contributed by atoms with Crippen molar-refractivity contribution in [2.45, 2.75) is 0 Å². The van der Waals surface area contributed by atoms with E-state index in [1.165, 1.54) is 0 Å². The second-order valence-electron chi connectivity index (χ2n) is 5.60. The van der Waals surface area contributed by atoms with Crippen molar-refractivity contribution in [2.75, 3.05) is 58.9 Å². The molecule has 1 N–H and O–H groups in total. The van der Waals surface area contributed by atoms with Crippen LogP contribution in [0, 0.1) is 5.92 Å². The quantitative estimate of drug-likeness (QED) is 0.873. The highest BCUT2D eigenvalue weighted by Gasteiger charge is 2.23. The molecule has 6 nitrogen and oxygen atoms in total. The monoisotopic (exact) mass is 292 g/mol. The maximum atomic E-state index is 12.0. The van der Waals surface area contributed by atoms with Gasteiger partial charge in [0.2, 0.25) is 0 Å². The number of aromatic nitrogens is 1. The maximum absolute atomic E-state index is 12.0. The van der Waals surface area contributed by atoms with Gasteiger partial charge in [0.1, 0.15) is 5.82 Å². The predicted molar refractivity (Wildman–Crippen MR) is 82.7 cm³/mol. The molecule has 1 fully saturated rings. The second kappa shape index (κ2) is 7.38. The van der Waals surface area contributed by atoms with Crippen molar-refractivity contribution < 1.29 is 9.53 Å². The van der Waals surface area contributed by atoms with Crippen LogP contribution in [0.25, 0.3) is 0 Å². The Morgan fingerprint density at radius 1 is 1.57 bits per heavy atom. The summed E-state index contributed by atoms with van der Waals surface area (Å²) in [6, 6.07) is 3.60. The number of hydrogen-bond donors (Lipinski definition) is 1. The van der Waals surface area contributed by atoms with E-state index in [1.54, 1.807) is 19.3 Å². The standard InChI is InChI=1S/C15H24N4O2/c1-16-15(20)13-5-4-6-17-14(13)19-7-8-21-11-12(10-19)9-18(2)3/h4-6,12H,7-11H2,1-3H3,(H,16,20)/t12-/m0/s1. The van der Waals surface area contributed by atoms with Crippen LogP contribution >= 0.6 is 0 Å². The maximum Gasteiger partial charge on any atom is 0.254 e. The zero-order chi connectivity index (χ0) is 15.2. The normalized spacial score (nSPS) is 19.4. The zero-order valence-corrected chi connectivity index (χ0v) is 13.0. The second-order valence-corrected chi connectivity index (χ2v) is 5.60. The smallest absolute Gasteiger partial charge is 0.254 e. The molecule has 0 bridgehead atoms. The Hall–Kier alpha value is -1.66. The molecular weight excluding hydrogens is 268 g/mol. The molecule has 1 atom stereocenters. The van der Waals surface area contributed by atoms with E-state index < -0.39 is 0 Å². The van der Waals surface area contributed by atoms with E-state index in [4.69, 9.17) is 4.74 Å². The third-order valence-electron chi connectivity index (χ3n) is 3.52. The summed E-state index contributed by atoms with van der Waals surface area (Å²) in [6.07, 6.45) is 1.73. The highest BCUT2D eigenvalue weighted by Crippen LogP contribution is 2.20. The third kappa shape index (κ3) is 4.15. The topological polar surface area (TPSA) is 57.7 Å². The van der Waals surface area contributed by atoms with E-state index in [0.29, 0.717) is 18.1 Å². The van der Waals surface area contributed by atoms with Gasteiger partial charge in [0.15, 0.2) is 0 Å². The molecule has 0 unspecified atom stereocenters. The molecule has 1 aromatic rings. The van der Waals surface area contributed by atoms with Crippen molar-refractivity contribution in [3.63, 3.8) is 0 Å². The van der Waals surface area contributed by atoms with Gasteiger partial charge < -0.3 is 19.9 Å². The number of nitrogens with one attached hydrogen (secondary N) is 1. The summed E-state index contributed by atoms with van der Waals surface area (Å²) in [6.45, 7) is 3.97. The molecule has 116 valence electrons. The number of nitrogens with zero attached hydrogens (tertiary/aromatic N) is 3. The summed E-state index contributed by atoms with van der Waals surface area (Å²) >= 11 is 0. The average Bonchev–Trinajstić information content (AvgIpc) is 2.71. The minimum atomic E-state index is -0.104. The Labute approximate surface area is 126 Å². The highest BCUT2D eigenvalue weighted by atomic mass is 16.5. The molecule has 1 aromatic heterocycles. The first kappa shape index (κ1) is 15.7. The van der Waals surface area contributed by atoms with Crippen molar-refractivity contribution in [3.05, 3.63) is 23.9 Å². The first-order chi connectivity index (χ1) is 10.1. The number of ether oxygens (including phenoxy) is 1. The number of carbonyl (C=O) groups excluding carboxylic acids is 1. The summed E-state index contributed by atoms with van der Waals surface area (Å²) in [5, 5.41) is 2.67. The fourth-order valence-electron chi connectivity index (χ4n) is 2.66. The molecule has 0 radical (unpaired) electrons. The van der Waals surface area contributed by atoms with Crippen LogP contribution in [-0.2, 0) is 4.74 Å². The van der Waals surface area contributed by atoms with Gasteiger partial charge in [-0.05, 0) is 26.2 Å². The number of amides is 1. The molecule has 0 saturated carbocycles. The molecule has 2 rings (SSSR count). The minimum Gasteiger partial charge on any atom is -0.379 e. The lowest BCUT2D eigenvalue weighted by atomic mass is 10.1. The van der Waals surface area contributed by atoms with Crippen LogP contribution in [0.5, 0.6) is 0 Å². The Morgan fingerprint density at radius 3 is 3.10 bits per heavy atom. The summed E-state index contributed by atoms with van der Waals surface area (Å²) in [5.74, 6) is 1.04. The van der Waals surface area contributed by atoms with Gasteiger partial charge in [0.05, 0.1) is 18.8 Å². The van der Waals surface area contributed by atoms with E-state index in [9.17, 15) is 4.79 Å². The highest BCUT2D eigenvalue weighted by molar-refractivity contribution is 5.98. The lowest BCUT2D eigenvalue weighted by molar-refractivity contribution is 0.0963. The lowest BCUT2D eigenvalue weighted by Crippen LogP contribution is -2.36. The summed E-state index contributed by atoms with van der Waals surface area (Å²) in [5.41, 5.74) is 0.616. The van der Waals surface area contributed by atoms with E-state index in [0.717, 1.165) is 32.1 Å². The molecule has 1 saturated heterocycles. The van der Waals surface area contributed by atoms with Crippen LogP contribution in [0.4, 0.5) is 5.82 Å². The Kier molecular flexibility index (Phi) is 5.52. The fraction of sp³-hybridized carbons (Fsp3) is 0.600. The largest absolute Gasteiger partial charge is 0.379 e. The molecule has 0 aromatic carbocycles. The van der Waals surface area contributed by atoms with Gasteiger partial charge in [-0.2, -0.15) is 0 Å². The lowest BCUT2D eigenvalue weighted by Gasteiger charge is -2.27. The van der Waals surface area contributed by atoms with Gasteiger partial charge in [-0.25, -0.2) is 4.98 Å². The molecule has 2 heterocycles. The molecule has 1 aliphatic rings. The summed E-state index contributed by atoms with van der Waals surface area (Å²) in [4.78, 5) is 20.7. The van der Waals surface area contributed by atoms with Crippen molar-refractivity contribution in [2.24, 2.45) is 5.92 Å². The molecule has 0 aliphatic carbocycles. The zero-order valence-electron chi connectivity index (χ0n) is 13.0. The van der Waals surface area contributed by atoms with Crippen molar-refractivity contribution in [3.8, 4) is 0 Å². The Bertz CT molecular complexity index is 478. The van der Waals surface area contributed by atoms with Crippen LogP contribution in [0.3, 0.4) is 0 Å². The van der Waals surface area contributed by atoms with Crippen molar-refractivity contribution in [1.29, 1.82) is 0 Å². The number of anilines is 1. The first-order valence-electron chi connectivity index (χ1n) is 7.26. The SMILES string of the molecule is CNC(=O)c1cccnc1N1CCOC[C@@H](CN(C)C)C1. The van der Waals surface area contributed by atoms with Crippen LogP contribution in [-0.4, -0.2) is 69.8 Å². The molecule has 21 heavy (non-hydrogen) atoms. The van der Waals surface area contributed by atoms with Gasteiger partial charge in [-0.15, -0.1) is 0 Å². The van der Waals surface area contributed by atoms with Crippen LogP contribution < -0.4 is 10.2 Å². The molecule has 0 spiro atoms. The molecule has 6 heteroatoms. The van der Waals surface area contributed by atoms with Gasteiger partial charge in [-0.1, -0.05) is 0 Å². The third-order valence-corrected chi connectivity index (χ3v) is 3.52. The Morgan fingerprint density at radius 2 is 2.38 bits per heavy atom. The van der Waals surface area contributed by atoms with Gasteiger partial charge in [-0.3, -0.25) is 4.79 Å². The van der Waals surface area contributed by atoms with E-state index in [2.05, 4.69) is 34.2 Å². The van der Waals surface area contributed by atoms with E-state index >= 15 is 0 Å². The molecular formula is C15H24N4O2. The number of carbonyl (C=O) groups is 1. The number of rotatable bonds is 4. The van der Waals surface area contributed by atoms with Crippen LogP contribution in [0.2, 0.25) is 0 Å². The summed E-state index contributed by atoms with van der Waals surface area (Å²) < 4.78 is 5.69. The fourth-order valence-corrected chi connectivity index (χ4v) is 2.66. The summed E-state index contributed by atoms with van der Waals surface area (Å²) in [7, 11) is 5.76. The van der Waals surface area contributed by atoms with Crippen molar-refractivity contribution >= 4 is 11.7 Å².